The first-order valence-electron chi connectivity index (χ1n) is 9.71. The van der Waals surface area contributed by atoms with E-state index in [4.69, 9.17) is 0 Å². The molecule has 0 aromatic carbocycles. The molecule has 1 saturated carbocycles. The summed E-state index contributed by atoms with van der Waals surface area (Å²) in [7, 11) is 1.86. The summed E-state index contributed by atoms with van der Waals surface area (Å²) in [5, 5.41) is 10.3. The number of aromatic nitrogens is 4. The molecule has 29 heavy (non-hydrogen) atoms. The van der Waals surface area contributed by atoms with E-state index >= 15 is 0 Å². The maximum atomic E-state index is 13.1. The Kier molecular flexibility index (Phi) is 4.66. The lowest BCUT2D eigenvalue weighted by Crippen LogP contribution is -2.49. The summed E-state index contributed by atoms with van der Waals surface area (Å²) < 4.78 is 27.7. The minimum atomic E-state index is -2.57. The van der Waals surface area contributed by atoms with Crippen LogP contribution in [0.1, 0.15) is 44.0 Å². The molecule has 1 atom stereocenters. The second-order valence-corrected chi connectivity index (χ2v) is 8.22. The van der Waals surface area contributed by atoms with E-state index in [0.29, 0.717) is 29.7 Å². The third-order valence-corrected chi connectivity index (χ3v) is 5.52. The second kappa shape index (κ2) is 6.93. The molecule has 0 saturated heterocycles. The van der Waals surface area contributed by atoms with Crippen molar-refractivity contribution in [3.05, 3.63) is 23.7 Å². The molecule has 0 bridgehead atoms. The fourth-order valence-electron chi connectivity index (χ4n) is 3.96. The lowest BCUT2D eigenvalue weighted by atomic mass is 9.88. The van der Waals surface area contributed by atoms with E-state index in [2.05, 4.69) is 25.7 Å². The third-order valence-electron chi connectivity index (χ3n) is 5.52. The molecule has 10 heteroatoms. The molecule has 1 amide bonds. The number of carbonyl (C=O) groups excluding carboxylic acids is 1. The molecule has 156 valence electrons. The van der Waals surface area contributed by atoms with Gasteiger partial charge in [0.2, 0.25) is 11.9 Å². The van der Waals surface area contributed by atoms with Crippen LogP contribution in [0.15, 0.2) is 12.4 Å². The predicted molar refractivity (Wildman–Crippen MR) is 105 cm³/mol. The van der Waals surface area contributed by atoms with Crippen LogP contribution in [0.25, 0.3) is 0 Å². The molecule has 2 aromatic rings. The molecule has 1 fully saturated rings. The number of rotatable bonds is 5. The Morgan fingerprint density at radius 2 is 2.07 bits per heavy atom. The van der Waals surface area contributed by atoms with Crippen LogP contribution in [0, 0.1) is 12.8 Å². The van der Waals surface area contributed by atoms with Crippen molar-refractivity contribution in [3.63, 3.8) is 0 Å². The van der Waals surface area contributed by atoms with Gasteiger partial charge in [-0.15, -0.1) is 0 Å². The van der Waals surface area contributed by atoms with Crippen molar-refractivity contribution in [1.82, 2.24) is 19.7 Å². The maximum absolute atomic E-state index is 13.1. The number of fused-ring (bicyclic) bond motifs is 1. The smallest absolute Gasteiger partial charge is 0.252 e. The third kappa shape index (κ3) is 3.63. The van der Waals surface area contributed by atoms with Gasteiger partial charge in [0, 0.05) is 38.2 Å². The Labute approximate surface area is 167 Å². The average Bonchev–Trinajstić information content (AvgIpc) is 3.07. The van der Waals surface area contributed by atoms with Gasteiger partial charge >= 0.3 is 0 Å². The Morgan fingerprint density at radius 1 is 1.34 bits per heavy atom. The van der Waals surface area contributed by atoms with Crippen LogP contribution in [0.2, 0.25) is 0 Å². The zero-order valence-electron chi connectivity index (χ0n) is 16.9. The predicted octanol–water partition coefficient (Wildman–Crippen LogP) is 2.98. The van der Waals surface area contributed by atoms with Gasteiger partial charge in [0.05, 0.1) is 17.9 Å². The molecule has 1 unspecified atom stereocenters. The summed E-state index contributed by atoms with van der Waals surface area (Å²) in [5.41, 5.74) is 2.16. The molecule has 0 radical (unpaired) electrons. The van der Waals surface area contributed by atoms with Gasteiger partial charge in [0.15, 0.2) is 5.82 Å². The molecule has 2 aromatic heterocycles. The molecule has 2 aliphatic rings. The highest BCUT2D eigenvalue weighted by molar-refractivity contribution is 6.03. The van der Waals surface area contributed by atoms with E-state index in [1.54, 1.807) is 17.1 Å². The van der Waals surface area contributed by atoms with Crippen molar-refractivity contribution in [2.24, 2.45) is 5.92 Å². The number of alkyl halides is 2. The molecular weight excluding hydrogens is 380 g/mol. The second-order valence-electron chi connectivity index (χ2n) is 8.22. The zero-order chi connectivity index (χ0) is 20.9. The van der Waals surface area contributed by atoms with E-state index in [-0.39, 0.29) is 36.8 Å². The zero-order valence-corrected chi connectivity index (χ0v) is 16.9. The van der Waals surface area contributed by atoms with Gasteiger partial charge in [0.1, 0.15) is 11.7 Å². The van der Waals surface area contributed by atoms with Gasteiger partial charge in [-0.1, -0.05) is 13.8 Å². The minimum absolute atomic E-state index is 0.0589. The Balaban J connectivity index is 1.48. The topological polar surface area (TPSA) is 88.0 Å². The normalized spacial score (nSPS) is 21.0. The lowest BCUT2D eigenvalue weighted by molar-refractivity contribution is -0.118. The van der Waals surface area contributed by atoms with Crippen molar-refractivity contribution in [2.45, 2.75) is 58.2 Å². The molecular formula is C19H25F2N7O. The van der Waals surface area contributed by atoms with Crippen LogP contribution in [-0.2, 0) is 11.3 Å². The van der Waals surface area contributed by atoms with Crippen LogP contribution in [0.5, 0.6) is 0 Å². The van der Waals surface area contributed by atoms with E-state index in [1.807, 2.05) is 32.7 Å². The van der Waals surface area contributed by atoms with Crippen molar-refractivity contribution in [1.29, 1.82) is 0 Å². The Morgan fingerprint density at radius 3 is 2.72 bits per heavy atom. The van der Waals surface area contributed by atoms with Gasteiger partial charge in [0.25, 0.3) is 5.92 Å². The van der Waals surface area contributed by atoms with Gasteiger partial charge in [-0.25, -0.2) is 13.8 Å². The van der Waals surface area contributed by atoms with E-state index in [0.717, 1.165) is 5.56 Å². The van der Waals surface area contributed by atoms with Gasteiger partial charge in [-0.3, -0.25) is 9.48 Å². The average molecular weight is 405 g/mol. The first-order valence-corrected chi connectivity index (χ1v) is 9.71. The van der Waals surface area contributed by atoms with Crippen molar-refractivity contribution < 1.29 is 13.6 Å². The van der Waals surface area contributed by atoms with E-state index < -0.39 is 5.92 Å². The summed E-state index contributed by atoms with van der Waals surface area (Å²) in [4.78, 5) is 23.3. The summed E-state index contributed by atoms with van der Waals surface area (Å²) in [6.45, 7) is 6.23. The minimum Gasteiger partial charge on any atom is -0.350 e. The molecule has 1 aliphatic heterocycles. The van der Waals surface area contributed by atoms with Gasteiger partial charge < -0.3 is 15.5 Å². The largest absolute Gasteiger partial charge is 0.350 e. The maximum Gasteiger partial charge on any atom is 0.252 e. The Hall–Kier alpha value is -2.78. The molecule has 2 N–H and O–H groups in total. The molecule has 4 rings (SSSR count). The summed E-state index contributed by atoms with van der Waals surface area (Å²) in [6, 6.07) is -0.547. The van der Waals surface area contributed by atoms with Crippen LogP contribution < -0.4 is 15.5 Å². The number of amides is 1. The monoisotopic (exact) mass is 405 g/mol. The fraction of sp³-hybridized carbons (Fsp3) is 0.579. The highest BCUT2D eigenvalue weighted by Crippen LogP contribution is 2.45. The molecule has 1 aliphatic carbocycles. The Bertz CT molecular complexity index is 935. The fourth-order valence-corrected chi connectivity index (χ4v) is 3.96. The van der Waals surface area contributed by atoms with Crippen LogP contribution in [0.3, 0.4) is 0 Å². The summed E-state index contributed by atoms with van der Waals surface area (Å²) in [6.07, 6.45) is 3.11. The highest BCUT2D eigenvalue weighted by Gasteiger charge is 2.46. The summed E-state index contributed by atoms with van der Waals surface area (Å²) >= 11 is 0. The van der Waals surface area contributed by atoms with Crippen molar-refractivity contribution in [3.8, 4) is 0 Å². The highest BCUT2D eigenvalue weighted by atomic mass is 19.3. The quantitative estimate of drug-likeness (QED) is 0.795. The van der Waals surface area contributed by atoms with Crippen LogP contribution >= 0.6 is 0 Å². The van der Waals surface area contributed by atoms with Gasteiger partial charge in [-0.2, -0.15) is 10.1 Å². The number of anilines is 3. The number of halogens is 2. The van der Waals surface area contributed by atoms with Crippen LogP contribution in [0.4, 0.5) is 26.2 Å². The van der Waals surface area contributed by atoms with Crippen LogP contribution in [-0.4, -0.2) is 44.7 Å². The molecule has 3 heterocycles. The molecule has 8 nitrogen and oxygen atoms in total. The number of carbonyl (C=O) groups is 1. The number of nitrogens with one attached hydrogen (secondary N) is 2. The number of aryl methyl sites for hydroxylation is 1. The summed E-state index contributed by atoms with van der Waals surface area (Å²) in [5.74, 6) is -1.39. The first-order chi connectivity index (χ1) is 13.6. The van der Waals surface area contributed by atoms with E-state index in [9.17, 15) is 13.6 Å². The number of hydrogen-bond acceptors (Lipinski definition) is 6. The number of likely N-dealkylation sites (N-methyl/N-ethyl adjacent to an activating group) is 1. The first kappa shape index (κ1) is 19.5. The number of nitrogens with zero attached hydrogens (tertiary/aromatic N) is 5. The van der Waals surface area contributed by atoms with Gasteiger partial charge in [-0.05, 0) is 12.8 Å². The SMILES string of the molecule is Cc1nc(NCc2cnn(C3CC(F)(F)C3)c2)nc2c1NC(=O)C(C(C)C)N2C. The lowest BCUT2D eigenvalue weighted by Gasteiger charge is -2.36. The van der Waals surface area contributed by atoms with Crippen molar-refractivity contribution >= 4 is 23.4 Å². The standard InChI is InChI=1S/C19H25F2N7O/c1-10(2)15-17(29)25-14-11(3)24-18(26-16(14)27(15)4)22-7-12-8-23-28(9-12)13-5-19(20,21)6-13/h8-10,13,15H,5-7H2,1-4H3,(H,25,29)(H,22,24,26). The molecule has 0 spiro atoms. The number of hydrogen-bond donors (Lipinski definition) is 2. The van der Waals surface area contributed by atoms with Crippen molar-refractivity contribution in [2.75, 3.05) is 22.6 Å². The van der Waals surface area contributed by atoms with E-state index in [1.165, 1.54) is 0 Å².